The molecule has 0 unspecified atom stereocenters. The Kier molecular flexibility index (Phi) is 5.30. The van der Waals surface area contributed by atoms with E-state index >= 15 is 0 Å². The van der Waals surface area contributed by atoms with Gasteiger partial charge in [-0.2, -0.15) is 15.0 Å². The Morgan fingerprint density at radius 1 is 0.594 bits per heavy atom. The number of hydrogen-bond donors (Lipinski definition) is 3. The van der Waals surface area contributed by atoms with Gasteiger partial charge in [0.25, 0.3) is 0 Å². The van der Waals surface area contributed by atoms with Gasteiger partial charge in [0.1, 0.15) is 0 Å². The third kappa shape index (κ3) is 3.92. The highest BCUT2D eigenvalue weighted by Crippen LogP contribution is 2.33. The molecule has 0 saturated carbocycles. The number of fused-ring (bicyclic) bond motifs is 1. The van der Waals surface area contributed by atoms with E-state index in [1.807, 2.05) is 89.8 Å². The molecule has 32 heavy (non-hydrogen) atoms. The van der Waals surface area contributed by atoms with Crippen molar-refractivity contribution in [2.24, 2.45) is 5.84 Å². The van der Waals surface area contributed by atoms with E-state index in [-0.39, 0.29) is 5.95 Å². The van der Waals surface area contributed by atoms with Crippen LogP contribution < -0.4 is 21.5 Å². The van der Waals surface area contributed by atoms with Crippen LogP contribution in [0.25, 0.3) is 10.8 Å². The Morgan fingerprint density at radius 3 is 1.88 bits per heavy atom. The highest BCUT2D eigenvalue weighted by atomic mass is 15.4. The van der Waals surface area contributed by atoms with Crippen molar-refractivity contribution < 1.29 is 0 Å². The van der Waals surface area contributed by atoms with Gasteiger partial charge in [-0.25, -0.2) is 5.84 Å². The van der Waals surface area contributed by atoms with Crippen LogP contribution in [0.1, 0.15) is 0 Å². The molecule has 4 N–H and O–H groups in total. The third-order valence-electron chi connectivity index (χ3n) is 5.02. The van der Waals surface area contributed by atoms with Gasteiger partial charge in [-0.15, -0.1) is 0 Å². The third-order valence-corrected chi connectivity index (χ3v) is 5.02. The first-order chi connectivity index (χ1) is 15.8. The van der Waals surface area contributed by atoms with Crippen LogP contribution >= 0.6 is 0 Å². The van der Waals surface area contributed by atoms with Crippen molar-refractivity contribution in [2.45, 2.75) is 0 Å². The zero-order valence-corrected chi connectivity index (χ0v) is 17.2. The number of hydrogen-bond acceptors (Lipinski definition) is 7. The van der Waals surface area contributed by atoms with Crippen molar-refractivity contribution in [3.8, 4) is 0 Å². The summed E-state index contributed by atoms with van der Waals surface area (Å²) >= 11 is 0. The smallest absolute Gasteiger partial charge is 0.243 e. The fourth-order valence-electron chi connectivity index (χ4n) is 3.57. The van der Waals surface area contributed by atoms with Crippen molar-refractivity contribution in [1.29, 1.82) is 0 Å². The SMILES string of the molecule is NNc1nc(Nc2cccc3ccccc23)nc(N(c2ccccc2)c2ccccc2)n1. The summed E-state index contributed by atoms with van der Waals surface area (Å²) in [5, 5.41) is 5.53. The molecule has 5 aromatic rings. The van der Waals surface area contributed by atoms with Gasteiger partial charge in [-0.05, 0) is 35.7 Å². The van der Waals surface area contributed by atoms with Crippen LogP contribution in [-0.2, 0) is 0 Å². The van der Waals surface area contributed by atoms with Crippen molar-refractivity contribution in [3.63, 3.8) is 0 Å². The summed E-state index contributed by atoms with van der Waals surface area (Å²) < 4.78 is 0. The van der Waals surface area contributed by atoms with Crippen molar-refractivity contribution >= 4 is 45.7 Å². The summed E-state index contributed by atoms with van der Waals surface area (Å²) in [5.41, 5.74) is 5.30. The average molecular weight is 419 g/mol. The fraction of sp³-hybridized carbons (Fsp3) is 0. The number of rotatable bonds is 6. The van der Waals surface area contributed by atoms with Gasteiger partial charge in [0.2, 0.25) is 17.8 Å². The molecule has 7 heteroatoms. The fourth-order valence-corrected chi connectivity index (χ4v) is 3.57. The van der Waals surface area contributed by atoms with Crippen LogP contribution in [0.2, 0.25) is 0 Å². The van der Waals surface area contributed by atoms with E-state index < -0.39 is 0 Å². The number of hydrazine groups is 1. The van der Waals surface area contributed by atoms with Crippen LogP contribution in [0.3, 0.4) is 0 Å². The maximum atomic E-state index is 5.70. The molecule has 1 aromatic heterocycles. The van der Waals surface area contributed by atoms with Crippen LogP contribution in [0.15, 0.2) is 103 Å². The molecule has 0 atom stereocenters. The van der Waals surface area contributed by atoms with E-state index in [9.17, 15) is 0 Å². The molecule has 156 valence electrons. The summed E-state index contributed by atoms with van der Waals surface area (Å²) in [6, 6.07) is 34.1. The maximum absolute atomic E-state index is 5.70. The first-order valence-electron chi connectivity index (χ1n) is 10.2. The predicted octanol–water partition coefficient (Wildman–Crippen LogP) is 5.52. The topological polar surface area (TPSA) is 92.0 Å². The molecule has 5 rings (SSSR count). The van der Waals surface area contributed by atoms with Crippen LogP contribution in [-0.4, -0.2) is 15.0 Å². The molecular weight excluding hydrogens is 398 g/mol. The molecule has 0 amide bonds. The zero-order valence-electron chi connectivity index (χ0n) is 17.2. The lowest BCUT2D eigenvalue weighted by Crippen LogP contribution is -2.18. The number of para-hydroxylation sites is 2. The van der Waals surface area contributed by atoms with E-state index in [4.69, 9.17) is 10.8 Å². The molecule has 1 heterocycles. The standard InChI is InChI=1S/C25H21N7/c26-31-24-28-23(27-22-17-9-11-18-10-7-8-16-21(18)22)29-25(30-24)32(19-12-3-1-4-13-19)20-14-5-2-6-15-20/h1-17H,26H2,(H2,27,28,29,30,31). The van der Waals surface area contributed by atoms with Gasteiger partial charge >= 0.3 is 0 Å². The Labute approximate surface area is 185 Å². The van der Waals surface area contributed by atoms with Gasteiger partial charge in [0, 0.05) is 22.4 Å². The monoisotopic (exact) mass is 419 g/mol. The lowest BCUT2D eigenvalue weighted by atomic mass is 10.1. The molecular formula is C25H21N7. The number of nitrogens with two attached hydrogens (primary N) is 1. The summed E-state index contributed by atoms with van der Waals surface area (Å²) in [7, 11) is 0. The minimum absolute atomic E-state index is 0.259. The average Bonchev–Trinajstić information content (AvgIpc) is 2.86. The van der Waals surface area contributed by atoms with Crippen molar-refractivity contribution in [1.82, 2.24) is 15.0 Å². The zero-order chi connectivity index (χ0) is 21.8. The summed E-state index contributed by atoms with van der Waals surface area (Å²) in [4.78, 5) is 15.7. The molecule has 0 aliphatic rings. The van der Waals surface area contributed by atoms with Crippen LogP contribution in [0.4, 0.5) is 34.9 Å². The van der Waals surface area contributed by atoms with E-state index in [0.717, 1.165) is 27.8 Å². The van der Waals surface area contributed by atoms with Crippen LogP contribution in [0.5, 0.6) is 0 Å². The molecule has 0 radical (unpaired) electrons. The highest BCUT2D eigenvalue weighted by Gasteiger charge is 2.18. The Morgan fingerprint density at radius 2 is 1.19 bits per heavy atom. The van der Waals surface area contributed by atoms with Crippen LogP contribution in [0, 0.1) is 0 Å². The number of nitrogens with one attached hydrogen (secondary N) is 2. The largest absolute Gasteiger partial charge is 0.323 e. The summed E-state index contributed by atoms with van der Waals surface area (Å²) in [6.07, 6.45) is 0. The number of anilines is 6. The van der Waals surface area contributed by atoms with Crippen molar-refractivity contribution in [3.05, 3.63) is 103 Å². The minimum Gasteiger partial charge on any atom is -0.323 e. The van der Waals surface area contributed by atoms with E-state index in [2.05, 4.69) is 38.9 Å². The molecule has 0 aliphatic heterocycles. The Bertz CT molecular complexity index is 1300. The van der Waals surface area contributed by atoms with E-state index in [1.54, 1.807) is 0 Å². The minimum atomic E-state index is 0.259. The quantitative estimate of drug-likeness (QED) is 0.246. The molecule has 0 saturated heterocycles. The first-order valence-corrected chi connectivity index (χ1v) is 10.2. The normalized spacial score (nSPS) is 10.7. The second kappa shape index (κ2) is 8.71. The summed E-state index contributed by atoms with van der Waals surface area (Å²) in [6.45, 7) is 0. The maximum Gasteiger partial charge on any atom is 0.243 e. The second-order valence-electron chi connectivity index (χ2n) is 7.09. The highest BCUT2D eigenvalue weighted by molar-refractivity contribution is 5.95. The lowest BCUT2D eigenvalue weighted by molar-refractivity contribution is 1.00. The molecule has 0 aliphatic carbocycles. The number of benzene rings is 4. The van der Waals surface area contributed by atoms with E-state index in [1.165, 1.54) is 0 Å². The van der Waals surface area contributed by atoms with Gasteiger partial charge in [-0.1, -0.05) is 72.8 Å². The van der Waals surface area contributed by atoms with E-state index in [0.29, 0.717) is 11.9 Å². The van der Waals surface area contributed by atoms with Gasteiger partial charge in [-0.3, -0.25) is 10.3 Å². The first kappa shape index (κ1) is 19.5. The van der Waals surface area contributed by atoms with Gasteiger partial charge in [0.05, 0.1) is 0 Å². The molecule has 0 bridgehead atoms. The number of nitrogens with zero attached hydrogens (tertiary/aromatic N) is 4. The van der Waals surface area contributed by atoms with Gasteiger partial charge < -0.3 is 5.32 Å². The Hall–Kier alpha value is -4.49. The molecule has 0 spiro atoms. The lowest BCUT2D eigenvalue weighted by Gasteiger charge is -2.23. The molecule has 4 aromatic carbocycles. The molecule has 7 nitrogen and oxygen atoms in total. The Balaban J connectivity index is 1.62. The van der Waals surface area contributed by atoms with Crippen molar-refractivity contribution in [2.75, 3.05) is 15.6 Å². The second-order valence-corrected chi connectivity index (χ2v) is 7.09. The predicted molar refractivity (Wildman–Crippen MR) is 130 cm³/mol. The number of aromatic nitrogens is 3. The summed E-state index contributed by atoms with van der Waals surface area (Å²) in [5.74, 6) is 6.78. The van der Waals surface area contributed by atoms with Gasteiger partial charge in [0.15, 0.2) is 0 Å². The number of nitrogen functional groups attached to an aromatic ring is 1. The molecule has 0 fully saturated rings.